The van der Waals surface area contributed by atoms with Gasteiger partial charge in [-0.3, -0.25) is 10.1 Å². The van der Waals surface area contributed by atoms with Crippen LogP contribution in [0.5, 0.6) is 11.6 Å². The fraction of sp³-hybridized carbons (Fsp3) is 0.294. The Kier molecular flexibility index (Phi) is 7.36. The predicted octanol–water partition coefficient (Wildman–Crippen LogP) is 5.75. The molecule has 0 bridgehead atoms. The Morgan fingerprint density at radius 1 is 1.37 bits per heavy atom. The van der Waals surface area contributed by atoms with Gasteiger partial charge in [-0.25, -0.2) is 19.8 Å². The standard InChI is InChI=1S/C17H17ClF3N3O5P/c1-3-6-30(27,28)10(2)23-14-8-12(4-5-15(14)24(25)26)29-16-13(18)7-11(9-22-16)17(19,20)21/h4-5,7-9,27-28H,3,6H2,1-2H3/q+1. The van der Waals surface area contributed by atoms with E-state index in [1.807, 2.05) is 0 Å². The Labute approximate surface area is 174 Å². The molecule has 2 rings (SSSR count). The lowest BCUT2D eigenvalue weighted by Gasteiger charge is -2.12. The number of nitro benzene ring substituents is 1. The Morgan fingerprint density at radius 3 is 2.57 bits per heavy atom. The third-order valence-electron chi connectivity index (χ3n) is 3.83. The molecular formula is C17H17ClF3N3O5P+. The van der Waals surface area contributed by atoms with Crippen molar-refractivity contribution in [2.45, 2.75) is 26.4 Å². The molecule has 162 valence electrons. The summed E-state index contributed by atoms with van der Waals surface area (Å²) < 4.78 is 43.5. The van der Waals surface area contributed by atoms with Crippen LogP contribution in [0.25, 0.3) is 0 Å². The van der Waals surface area contributed by atoms with Crippen molar-refractivity contribution >= 4 is 36.1 Å². The van der Waals surface area contributed by atoms with Crippen LogP contribution in [0.4, 0.5) is 24.5 Å². The maximum atomic E-state index is 12.7. The largest absolute Gasteiger partial charge is 0.437 e. The highest BCUT2D eigenvalue weighted by Gasteiger charge is 2.37. The predicted molar refractivity (Wildman–Crippen MR) is 107 cm³/mol. The molecule has 0 aliphatic carbocycles. The van der Waals surface area contributed by atoms with Gasteiger partial charge in [0, 0.05) is 25.3 Å². The normalized spacial score (nSPS) is 12.7. The van der Waals surface area contributed by atoms with Crippen LogP contribution in [-0.2, 0) is 6.18 Å². The second kappa shape index (κ2) is 9.22. The van der Waals surface area contributed by atoms with Gasteiger partial charge in [-0.2, -0.15) is 13.2 Å². The summed E-state index contributed by atoms with van der Waals surface area (Å²) in [5, 5.41) is 10.9. The van der Waals surface area contributed by atoms with Crippen molar-refractivity contribution < 1.29 is 32.6 Å². The number of aromatic nitrogens is 1. The molecular weight excluding hydrogens is 450 g/mol. The molecule has 0 unspecified atom stereocenters. The van der Waals surface area contributed by atoms with E-state index < -0.39 is 35.1 Å². The van der Waals surface area contributed by atoms with Crippen molar-refractivity contribution in [1.29, 1.82) is 0 Å². The number of pyridine rings is 1. The third-order valence-corrected chi connectivity index (χ3v) is 6.31. The zero-order valence-corrected chi connectivity index (χ0v) is 17.4. The van der Waals surface area contributed by atoms with Crippen LogP contribution in [0, 0.1) is 10.1 Å². The molecule has 0 aliphatic heterocycles. The monoisotopic (exact) mass is 466 g/mol. The Morgan fingerprint density at radius 2 is 2.03 bits per heavy atom. The number of halogens is 4. The van der Waals surface area contributed by atoms with E-state index in [1.54, 1.807) is 6.92 Å². The highest BCUT2D eigenvalue weighted by molar-refractivity contribution is 7.81. The molecule has 1 aromatic heterocycles. The number of benzene rings is 1. The molecule has 13 heteroatoms. The molecule has 2 aromatic rings. The number of nitrogens with zero attached hydrogens (tertiary/aromatic N) is 3. The van der Waals surface area contributed by atoms with Crippen LogP contribution in [0.15, 0.2) is 35.5 Å². The second-order valence-electron chi connectivity index (χ2n) is 6.13. The first kappa shape index (κ1) is 23.9. The molecule has 0 fully saturated rings. The summed E-state index contributed by atoms with van der Waals surface area (Å²) in [5.74, 6) is -0.390. The minimum atomic E-state index is -4.63. The molecule has 0 saturated heterocycles. The lowest BCUT2D eigenvalue weighted by molar-refractivity contribution is -0.384. The van der Waals surface area contributed by atoms with E-state index >= 15 is 0 Å². The van der Waals surface area contributed by atoms with Crippen LogP contribution >= 0.6 is 19.3 Å². The van der Waals surface area contributed by atoms with Crippen LogP contribution in [0.3, 0.4) is 0 Å². The molecule has 0 radical (unpaired) electrons. The van der Waals surface area contributed by atoms with Crippen molar-refractivity contribution in [1.82, 2.24) is 4.98 Å². The number of hydrogen-bond acceptors (Lipinski definition) is 7. The molecule has 0 amide bonds. The molecule has 8 nitrogen and oxygen atoms in total. The maximum absolute atomic E-state index is 12.7. The Hall–Kier alpha value is -2.33. The average molecular weight is 467 g/mol. The van der Waals surface area contributed by atoms with Gasteiger partial charge in [-0.15, -0.1) is 0 Å². The van der Waals surface area contributed by atoms with E-state index in [1.165, 1.54) is 13.0 Å². The van der Waals surface area contributed by atoms with Gasteiger partial charge in [0.15, 0.2) is 0 Å². The van der Waals surface area contributed by atoms with E-state index in [-0.39, 0.29) is 28.9 Å². The molecule has 0 saturated carbocycles. The Bertz CT molecular complexity index is 986. The van der Waals surface area contributed by atoms with E-state index in [0.717, 1.165) is 12.1 Å². The molecule has 0 atom stereocenters. The van der Waals surface area contributed by atoms with E-state index in [0.29, 0.717) is 18.7 Å². The molecule has 0 spiro atoms. The van der Waals surface area contributed by atoms with Gasteiger partial charge in [0.25, 0.3) is 5.69 Å². The number of ether oxygens (including phenoxy) is 1. The van der Waals surface area contributed by atoms with Gasteiger partial charge in [0.2, 0.25) is 11.3 Å². The minimum Gasteiger partial charge on any atom is -0.437 e. The number of hydrogen-bond donors (Lipinski definition) is 2. The van der Waals surface area contributed by atoms with Crippen LogP contribution in [-0.4, -0.2) is 31.3 Å². The zero-order chi connectivity index (χ0) is 22.7. The number of rotatable bonds is 7. The van der Waals surface area contributed by atoms with Crippen LogP contribution in [0.2, 0.25) is 5.02 Å². The maximum Gasteiger partial charge on any atom is 0.417 e. The van der Waals surface area contributed by atoms with Gasteiger partial charge in [0.1, 0.15) is 22.6 Å². The average Bonchev–Trinajstić information content (AvgIpc) is 2.62. The van der Waals surface area contributed by atoms with Crippen molar-refractivity contribution in [2.24, 2.45) is 4.99 Å². The van der Waals surface area contributed by atoms with Gasteiger partial charge < -0.3 is 4.74 Å². The summed E-state index contributed by atoms with van der Waals surface area (Å²) in [6.07, 6.45) is -3.56. The molecule has 1 heterocycles. The van der Waals surface area contributed by atoms with Crippen molar-refractivity contribution in [3.05, 3.63) is 51.2 Å². The van der Waals surface area contributed by atoms with Gasteiger partial charge in [-0.1, -0.05) is 18.5 Å². The first-order chi connectivity index (χ1) is 13.8. The van der Waals surface area contributed by atoms with Crippen molar-refractivity contribution in [3.63, 3.8) is 0 Å². The van der Waals surface area contributed by atoms with Crippen molar-refractivity contribution in [3.8, 4) is 11.6 Å². The number of aliphatic imine (C=N–C) groups is 1. The molecule has 0 aliphatic rings. The Balaban J connectivity index is 2.42. The lowest BCUT2D eigenvalue weighted by atomic mass is 10.2. The smallest absolute Gasteiger partial charge is 0.417 e. The SMILES string of the molecule is CCC[P+](O)(O)C(C)=Nc1cc(Oc2ncc(C(F)(F)F)cc2Cl)ccc1[N+](=O)[O-]. The van der Waals surface area contributed by atoms with Gasteiger partial charge >= 0.3 is 13.9 Å². The fourth-order valence-electron chi connectivity index (χ4n) is 2.31. The topological polar surface area (TPSA) is 118 Å². The summed E-state index contributed by atoms with van der Waals surface area (Å²) in [6, 6.07) is 4.02. The summed E-state index contributed by atoms with van der Waals surface area (Å²) in [7, 11) is -3.51. The first-order valence-electron chi connectivity index (χ1n) is 8.43. The molecule has 30 heavy (non-hydrogen) atoms. The fourth-order valence-corrected chi connectivity index (χ4v) is 3.73. The summed E-state index contributed by atoms with van der Waals surface area (Å²) in [4.78, 5) is 38.3. The van der Waals surface area contributed by atoms with Crippen molar-refractivity contribution in [2.75, 3.05) is 6.16 Å². The highest BCUT2D eigenvalue weighted by atomic mass is 35.5. The summed E-state index contributed by atoms with van der Waals surface area (Å²) >= 11 is 5.80. The quantitative estimate of drug-likeness (QED) is 0.232. The van der Waals surface area contributed by atoms with Gasteiger partial charge in [-0.05, 0) is 18.6 Å². The minimum absolute atomic E-state index is 0.0448. The highest BCUT2D eigenvalue weighted by Crippen LogP contribution is 2.53. The third kappa shape index (κ3) is 5.85. The lowest BCUT2D eigenvalue weighted by Crippen LogP contribution is -2.06. The van der Waals surface area contributed by atoms with E-state index in [9.17, 15) is 33.1 Å². The van der Waals surface area contributed by atoms with Crippen LogP contribution < -0.4 is 4.74 Å². The zero-order valence-electron chi connectivity index (χ0n) is 15.7. The molecule has 2 N–H and O–H groups in total. The number of alkyl halides is 3. The van der Waals surface area contributed by atoms with Gasteiger partial charge in [0.05, 0.1) is 10.5 Å². The number of nitro groups is 1. The second-order valence-corrected chi connectivity index (χ2v) is 9.09. The summed E-state index contributed by atoms with van der Waals surface area (Å²) in [5.41, 5.74) is -1.78. The van der Waals surface area contributed by atoms with Crippen LogP contribution in [0.1, 0.15) is 25.8 Å². The first-order valence-corrected chi connectivity index (χ1v) is 10.7. The van der Waals surface area contributed by atoms with E-state index in [2.05, 4.69) is 9.98 Å². The summed E-state index contributed by atoms with van der Waals surface area (Å²) in [6.45, 7) is 3.08. The van der Waals surface area contributed by atoms with E-state index in [4.69, 9.17) is 16.3 Å². The molecule has 1 aromatic carbocycles.